The molecule has 3 aromatic rings. The molecular formula is C19H12F6N4O. The van der Waals surface area contributed by atoms with E-state index in [9.17, 15) is 26.3 Å². The number of nitrogens with one attached hydrogen (secondary N) is 1. The van der Waals surface area contributed by atoms with Gasteiger partial charge in [-0.1, -0.05) is 5.21 Å². The Bertz CT molecular complexity index is 1080. The van der Waals surface area contributed by atoms with Gasteiger partial charge in [-0.2, -0.15) is 31.6 Å². The molecule has 0 fully saturated rings. The third-order valence-electron chi connectivity index (χ3n) is 4.04. The molecule has 2 aromatic carbocycles. The van der Waals surface area contributed by atoms with Gasteiger partial charge in [-0.05, 0) is 54.4 Å². The molecule has 0 saturated carbocycles. The zero-order valence-corrected chi connectivity index (χ0v) is 15.2. The second kappa shape index (κ2) is 7.70. The highest BCUT2D eigenvalue weighted by molar-refractivity contribution is 5.66. The van der Waals surface area contributed by atoms with E-state index in [0.29, 0.717) is 23.3 Å². The van der Waals surface area contributed by atoms with Gasteiger partial charge in [-0.15, -0.1) is 5.10 Å². The molecule has 0 aliphatic carbocycles. The van der Waals surface area contributed by atoms with Crippen LogP contribution in [0.4, 0.5) is 26.3 Å². The van der Waals surface area contributed by atoms with E-state index in [1.54, 1.807) is 19.1 Å². The van der Waals surface area contributed by atoms with Crippen molar-refractivity contribution in [1.82, 2.24) is 15.4 Å². The fraction of sp³-hybridized carbons (Fsp3) is 0.211. The molecule has 1 N–H and O–H groups in total. The van der Waals surface area contributed by atoms with E-state index in [1.165, 1.54) is 6.07 Å². The molecule has 0 radical (unpaired) electrons. The summed E-state index contributed by atoms with van der Waals surface area (Å²) in [5.41, 5.74) is -1.66. The van der Waals surface area contributed by atoms with Crippen molar-refractivity contribution >= 4 is 0 Å². The Balaban J connectivity index is 1.91. The molecule has 0 aliphatic heterocycles. The van der Waals surface area contributed by atoms with Gasteiger partial charge in [0.15, 0.2) is 5.69 Å². The second-order valence-corrected chi connectivity index (χ2v) is 6.38. The number of aryl methyl sites for hydroxylation is 1. The maximum Gasteiger partial charge on any atom is 0.416 e. The SMILES string of the molecule is Cc1cc(OCc2cc(C(F)(F)F)cc(C(F)(F)F)c2)cc(-c2nn[nH]c2C#N)c1. The lowest BCUT2D eigenvalue weighted by atomic mass is 10.0. The monoisotopic (exact) mass is 426 g/mol. The molecule has 0 unspecified atom stereocenters. The summed E-state index contributed by atoms with van der Waals surface area (Å²) in [6, 6.07) is 7.84. The highest BCUT2D eigenvalue weighted by atomic mass is 19.4. The maximum absolute atomic E-state index is 13.0. The number of ether oxygens (including phenoxy) is 1. The summed E-state index contributed by atoms with van der Waals surface area (Å²) in [5, 5.41) is 18.8. The molecule has 1 aromatic heterocycles. The molecule has 1 heterocycles. The molecule has 0 atom stereocenters. The number of nitrogens with zero attached hydrogens (tertiary/aromatic N) is 3. The van der Waals surface area contributed by atoms with Gasteiger partial charge < -0.3 is 4.74 Å². The molecular weight excluding hydrogens is 414 g/mol. The average molecular weight is 426 g/mol. The number of nitriles is 1. The largest absolute Gasteiger partial charge is 0.489 e. The second-order valence-electron chi connectivity index (χ2n) is 6.38. The van der Waals surface area contributed by atoms with Crippen molar-refractivity contribution in [3.63, 3.8) is 0 Å². The van der Waals surface area contributed by atoms with Crippen molar-refractivity contribution in [2.75, 3.05) is 0 Å². The predicted molar refractivity (Wildman–Crippen MR) is 92.0 cm³/mol. The Morgan fingerprint density at radius 2 is 1.60 bits per heavy atom. The van der Waals surface area contributed by atoms with Crippen LogP contribution in [-0.4, -0.2) is 15.4 Å². The van der Waals surface area contributed by atoms with E-state index in [4.69, 9.17) is 10.00 Å². The summed E-state index contributed by atoms with van der Waals surface area (Å²) >= 11 is 0. The number of aromatic nitrogens is 3. The van der Waals surface area contributed by atoms with Crippen LogP contribution in [0.3, 0.4) is 0 Å². The molecule has 3 rings (SSSR count). The van der Waals surface area contributed by atoms with E-state index in [2.05, 4.69) is 15.4 Å². The molecule has 5 nitrogen and oxygen atoms in total. The Kier molecular flexibility index (Phi) is 5.43. The normalized spacial score (nSPS) is 11.9. The number of halogens is 6. The van der Waals surface area contributed by atoms with Crippen LogP contribution < -0.4 is 4.74 Å². The number of hydrogen-bond acceptors (Lipinski definition) is 4. The quantitative estimate of drug-likeness (QED) is 0.577. The number of H-pyrrole nitrogens is 1. The van der Waals surface area contributed by atoms with Crippen LogP contribution in [0.15, 0.2) is 36.4 Å². The number of benzene rings is 2. The van der Waals surface area contributed by atoms with Crippen LogP contribution in [0.2, 0.25) is 0 Å². The van der Waals surface area contributed by atoms with Crippen LogP contribution in [0.1, 0.15) is 27.9 Å². The highest BCUT2D eigenvalue weighted by Gasteiger charge is 2.36. The number of hydrogen-bond donors (Lipinski definition) is 1. The number of alkyl halides is 6. The summed E-state index contributed by atoms with van der Waals surface area (Å²) in [6.45, 7) is 1.17. The smallest absolute Gasteiger partial charge is 0.416 e. The van der Waals surface area contributed by atoms with E-state index in [0.717, 1.165) is 0 Å². The van der Waals surface area contributed by atoms with Crippen molar-refractivity contribution in [2.24, 2.45) is 0 Å². The van der Waals surface area contributed by atoms with E-state index >= 15 is 0 Å². The summed E-state index contributed by atoms with van der Waals surface area (Å²) in [5.74, 6) is 0.183. The van der Waals surface area contributed by atoms with Crippen LogP contribution in [0.5, 0.6) is 5.75 Å². The molecule has 30 heavy (non-hydrogen) atoms. The van der Waals surface area contributed by atoms with Gasteiger partial charge >= 0.3 is 12.4 Å². The van der Waals surface area contributed by atoms with Gasteiger partial charge in [-0.25, -0.2) is 5.10 Å². The topological polar surface area (TPSA) is 74.6 Å². The Morgan fingerprint density at radius 1 is 0.967 bits per heavy atom. The van der Waals surface area contributed by atoms with Crippen LogP contribution in [0, 0.1) is 18.3 Å². The molecule has 0 bridgehead atoms. The third-order valence-corrected chi connectivity index (χ3v) is 4.04. The summed E-state index contributed by atoms with van der Waals surface area (Å²) in [6.07, 6.45) is -9.87. The summed E-state index contributed by atoms with van der Waals surface area (Å²) in [4.78, 5) is 0. The minimum atomic E-state index is -4.94. The highest BCUT2D eigenvalue weighted by Crippen LogP contribution is 2.36. The summed E-state index contributed by atoms with van der Waals surface area (Å²) < 4.78 is 83.3. The lowest BCUT2D eigenvalue weighted by Gasteiger charge is -2.15. The van der Waals surface area contributed by atoms with Gasteiger partial charge in [0.2, 0.25) is 0 Å². The molecule has 0 amide bonds. The van der Waals surface area contributed by atoms with E-state index in [-0.39, 0.29) is 28.8 Å². The zero-order chi connectivity index (χ0) is 22.1. The minimum absolute atomic E-state index is 0.0578. The van der Waals surface area contributed by atoms with Crippen molar-refractivity contribution in [3.8, 4) is 23.1 Å². The fourth-order valence-electron chi connectivity index (χ4n) is 2.75. The van der Waals surface area contributed by atoms with Crippen LogP contribution >= 0.6 is 0 Å². The third kappa shape index (κ3) is 4.71. The first-order valence-electron chi connectivity index (χ1n) is 8.32. The Morgan fingerprint density at radius 3 is 2.17 bits per heavy atom. The minimum Gasteiger partial charge on any atom is -0.489 e. The Hall–Kier alpha value is -3.55. The number of aromatic amines is 1. The molecule has 0 spiro atoms. The standard InChI is InChI=1S/C19H12F6N4O/c1-10-2-12(17-16(8-26)27-29-28-17)6-15(3-10)30-9-11-4-13(18(20,21)22)7-14(5-11)19(23,24)25/h2-7H,9H2,1H3,(H,27,28,29). The maximum atomic E-state index is 13.0. The zero-order valence-electron chi connectivity index (χ0n) is 15.2. The van der Waals surface area contributed by atoms with Crippen LogP contribution in [0.25, 0.3) is 11.3 Å². The van der Waals surface area contributed by atoms with Gasteiger partial charge in [0.05, 0.1) is 11.1 Å². The van der Waals surface area contributed by atoms with Crippen molar-refractivity contribution in [1.29, 1.82) is 5.26 Å². The van der Waals surface area contributed by atoms with Gasteiger partial charge in [-0.3, -0.25) is 0 Å². The lowest BCUT2D eigenvalue weighted by molar-refractivity contribution is -0.143. The van der Waals surface area contributed by atoms with E-state index < -0.39 is 30.1 Å². The molecule has 11 heteroatoms. The predicted octanol–water partition coefficient (Wildman–Crippen LogP) is 5.27. The van der Waals surface area contributed by atoms with Gasteiger partial charge in [0, 0.05) is 5.56 Å². The van der Waals surface area contributed by atoms with Gasteiger partial charge in [0.1, 0.15) is 24.1 Å². The Labute approximate surface area is 165 Å². The first-order valence-corrected chi connectivity index (χ1v) is 8.32. The molecule has 0 saturated heterocycles. The van der Waals surface area contributed by atoms with Gasteiger partial charge in [0.25, 0.3) is 0 Å². The van der Waals surface area contributed by atoms with Crippen molar-refractivity contribution in [3.05, 3.63) is 64.3 Å². The van der Waals surface area contributed by atoms with Crippen molar-refractivity contribution in [2.45, 2.75) is 25.9 Å². The first-order chi connectivity index (χ1) is 14.0. The van der Waals surface area contributed by atoms with Crippen molar-refractivity contribution < 1.29 is 31.1 Å². The lowest BCUT2D eigenvalue weighted by Crippen LogP contribution is -2.12. The summed E-state index contributed by atoms with van der Waals surface area (Å²) in [7, 11) is 0. The van der Waals surface area contributed by atoms with Crippen LogP contribution in [-0.2, 0) is 19.0 Å². The van der Waals surface area contributed by atoms with E-state index in [1.807, 2.05) is 6.07 Å². The molecule has 0 aliphatic rings. The number of rotatable bonds is 4. The fourth-order valence-corrected chi connectivity index (χ4v) is 2.75. The first kappa shape index (κ1) is 21.2. The molecule has 156 valence electrons. The average Bonchev–Trinajstić information content (AvgIpc) is 3.13.